The second-order valence-electron chi connectivity index (χ2n) is 3.48. The van der Waals surface area contributed by atoms with E-state index in [0.717, 1.165) is 0 Å². The first-order valence-corrected chi connectivity index (χ1v) is 6.08. The molecule has 0 spiro atoms. The number of hydrogen-bond donors (Lipinski definition) is 1. The molecule has 0 radical (unpaired) electrons. The second kappa shape index (κ2) is 3.99. The molecule has 88 valence electrons. The molecule has 4 nitrogen and oxygen atoms in total. The van der Waals surface area contributed by atoms with Crippen molar-refractivity contribution in [2.24, 2.45) is 5.92 Å². The Hall–Kier alpha value is -0.790. The van der Waals surface area contributed by atoms with Crippen LogP contribution in [0.2, 0.25) is 0 Å². The van der Waals surface area contributed by atoms with Crippen molar-refractivity contribution in [3.05, 3.63) is 0 Å². The minimum atomic E-state index is -4.91. The summed E-state index contributed by atoms with van der Waals surface area (Å²) in [7, 11) is -3.11. The molecule has 0 aromatic rings. The molecule has 1 heterocycles. The summed E-state index contributed by atoms with van der Waals surface area (Å²) in [6.45, 7) is -0.239. The van der Waals surface area contributed by atoms with Crippen molar-refractivity contribution in [1.29, 1.82) is 0 Å². The van der Waals surface area contributed by atoms with Crippen LogP contribution < -0.4 is 5.32 Å². The zero-order chi connectivity index (χ0) is 11.7. The van der Waals surface area contributed by atoms with Gasteiger partial charge in [0.15, 0.2) is 9.84 Å². The van der Waals surface area contributed by atoms with E-state index in [1.807, 2.05) is 0 Å². The minimum Gasteiger partial charge on any atom is -0.348 e. The van der Waals surface area contributed by atoms with Gasteiger partial charge in [0.2, 0.25) is 0 Å². The fraction of sp³-hybridized carbons (Fsp3) is 0.857. The van der Waals surface area contributed by atoms with Gasteiger partial charge in [-0.3, -0.25) is 4.79 Å². The normalized spacial score (nSPS) is 25.1. The molecule has 0 saturated carbocycles. The number of nitrogens with one attached hydrogen (secondary N) is 1. The van der Waals surface area contributed by atoms with Gasteiger partial charge in [0.25, 0.3) is 0 Å². The maximum absolute atomic E-state index is 11.7. The van der Waals surface area contributed by atoms with E-state index in [4.69, 9.17) is 0 Å². The lowest BCUT2D eigenvalue weighted by molar-refractivity contribution is -0.173. The third-order valence-electron chi connectivity index (χ3n) is 2.14. The van der Waals surface area contributed by atoms with Gasteiger partial charge in [0.05, 0.1) is 11.5 Å². The van der Waals surface area contributed by atoms with Crippen LogP contribution in [0.5, 0.6) is 0 Å². The number of rotatable bonds is 2. The molecule has 1 N–H and O–H groups in total. The Kier molecular flexibility index (Phi) is 3.27. The molecule has 1 aliphatic heterocycles. The van der Waals surface area contributed by atoms with Gasteiger partial charge >= 0.3 is 12.1 Å². The number of amides is 1. The van der Waals surface area contributed by atoms with Crippen LogP contribution in [-0.2, 0) is 14.6 Å². The van der Waals surface area contributed by atoms with Gasteiger partial charge in [-0.05, 0) is 12.3 Å². The molecule has 0 aliphatic carbocycles. The van der Waals surface area contributed by atoms with Crippen molar-refractivity contribution in [3.63, 3.8) is 0 Å². The van der Waals surface area contributed by atoms with Gasteiger partial charge in [-0.1, -0.05) is 0 Å². The smallest absolute Gasteiger partial charge is 0.348 e. The van der Waals surface area contributed by atoms with Crippen LogP contribution >= 0.6 is 0 Å². The Morgan fingerprint density at radius 3 is 2.40 bits per heavy atom. The molecule has 1 unspecified atom stereocenters. The van der Waals surface area contributed by atoms with Gasteiger partial charge in [0, 0.05) is 6.54 Å². The predicted molar refractivity (Wildman–Crippen MR) is 45.8 cm³/mol. The van der Waals surface area contributed by atoms with Crippen LogP contribution in [0.4, 0.5) is 13.2 Å². The lowest BCUT2D eigenvalue weighted by Crippen LogP contribution is -2.39. The SMILES string of the molecule is O=C(NCC1CCS(=O)(=O)C1)C(F)(F)F. The van der Waals surface area contributed by atoms with Crippen LogP contribution in [0.25, 0.3) is 0 Å². The fourth-order valence-electron chi connectivity index (χ4n) is 1.37. The summed E-state index contributed by atoms with van der Waals surface area (Å²) in [4.78, 5) is 10.4. The zero-order valence-electron chi connectivity index (χ0n) is 7.67. The van der Waals surface area contributed by atoms with E-state index in [1.165, 1.54) is 0 Å². The zero-order valence-corrected chi connectivity index (χ0v) is 8.49. The summed E-state index contributed by atoms with van der Waals surface area (Å²) < 4.78 is 57.1. The summed E-state index contributed by atoms with van der Waals surface area (Å²) in [6.07, 6.45) is -4.60. The molecule has 15 heavy (non-hydrogen) atoms. The van der Waals surface area contributed by atoms with Crippen molar-refractivity contribution in [1.82, 2.24) is 5.32 Å². The number of carbonyl (C=O) groups is 1. The van der Waals surface area contributed by atoms with Gasteiger partial charge in [-0.25, -0.2) is 8.42 Å². The summed E-state index contributed by atoms with van der Waals surface area (Å²) >= 11 is 0. The Balaban J connectivity index is 2.37. The molecule has 1 aliphatic rings. The van der Waals surface area contributed by atoms with E-state index < -0.39 is 27.8 Å². The standard InChI is InChI=1S/C7H10F3NO3S/c8-7(9,10)6(12)11-3-5-1-2-15(13,14)4-5/h5H,1-4H2,(H,11,12). The van der Waals surface area contributed by atoms with Crippen LogP contribution in [0.1, 0.15) is 6.42 Å². The Bertz CT molecular complexity index is 349. The molecule has 1 fully saturated rings. The third-order valence-corrected chi connectivity index (χ3v) is 3.97. The highest BCUT2D eigenvalue weighted by atomic mass is 32.2. The number of hydrogen-bond acceptors (Lipinski definition) is 3. The van der Waals surface area contributed by atoms with E-state index in [0.29, 0.717) is 6.42 Å². The van der Waals surface area contributed by atoms with Crippen molar-refractivity contribution in [2.75, 3.05) is 18.1 Å². The maximum atomic E-state index is 11.7. The summed E-state index contributed by atoms with van der Waals surface area (Å²) in [5, 5.41) is 1.67. The number of carbonyl (C=O) groups excluding carboxylic acids is 1. The van der Waals surface area contributed by atoms with Crippen LogP contribution in [0.15, 0.2) is 0 Å². The van der Waals surface area contributed by atoms with Crippen LogP contribution in [0, 0.1) is 5.92 Å². The van der Waals surface area contributed by atoms with E-state index in [-0.39, 0.29) is 18.1 Å². The summed E-state index contributed by atoms with van der Waals surface area (Å²) in [5.74, 6) is -2.59. The van der Waals surface area contributed by atoms with Gasteiger partial charge in [-0.2, -0.15) is 13.2 Å². The quantitative estimate of drug-likeness (QED) is 0.750. The van der Waals surface area contributed by atoms with Gasteiger partial charge in [-0.15, -0.1) is 0 Å². The first-order chi connectivity index (χ1) is 6.71. The van der Waals surface area contributed by atoms with E-state index >= 15 is 0 Å². The largest absolute Gasteiger partial charge is 0.471 e. The first-order valence-electron chi connectivity index (χ1n) is 4.26. The highest BCUT2D eigenvalue weighted by Crippen LogP contribution is 2.19. The highest BCUT2D eigenvalue weighted by Gasteiger charge is 2.39. The molecule has 0 aromatic carbocycles. The van der Waals surface area contributed by atoms with E-state index in [9.17, 15) is 26.4 Å². The van der Waals surface area contributed by atoms with Crippen molar-refractivity contribution >= 4 is 15.7 Å². The lowest BCUT2D eigenvalue weighted by Gasteiger charge is -2.10. The van der Waals surface area contributed by atoms with Crippen molar-refractivity contribution < 1.29 is 26.4 Å². The molecule has 8 heteroatoms. The summed E-state index contributed by atoms with van der Waals surface area (Å²) in [5.41, 5.74) is 0. The van der Waals surface area contributed by atoms with Crippen LogP contribution in [0.3, 0.4) is 0 Å². The Labute approximate surface area is 84.8 Å². The Morgan fingerprint density at radius 1 is 1.40 bits per heavy atom. The monoisotopic (exact) mass is 245 g/mol. The minimum absolute atomic E-state index is 0.0143. The molecule has 1 saturated heterocycles. The average Bonchev–Trinajstić information content (AvgIpc) is 2.39. The topological polar surface area (TPSA) is 63.2 Å². The number of sulfone groups is 1. The van der Waals surface area contributed by atoms with Crippen molar-refractivity contribution in [3.8, 4) is 0 Å². The van der Waals surface area contributed by atoms with Crippen molar-refractivity contribution in [2.45, 2.75) is 12.6 Å². The fourth-order valence-corrected chi connectivity index (χ4v) is 3.23. The molecular weight excluding hydrogens is 235 g/mol. The van der Waals surface area contributed by atoms with E-state index in [2.05, 4.69) is 0 Å². The first kappa shape index (κ1) is 12.3. The lowest BCUT2D eigenvalue weighted by atomic mass is 10.1. The van der Waals surface area contributed by atoms with Gasteiger partial charge in [0.1, 0.15) is 0 Å². The van der Waals surface area contributed by atoms with Crippen LogP contribution in [-0.4, -0.2) is 38.6 Å². The maximum Gasteiger partial charge on any atom is 0.471 e. The molecule has 1 atom stereocenters. The molecule has 0 bridgehead atoms. The Morgan fingerprint density at radius 2 is 2.00 bits per heavy atom. The molecule has 0 aromatic heterocycles. The molecule has 1 amide bonds. The molecule has 1 rings (SSSR count). The van der Waals surface area contributed by atoms with Gasteiger partial charge < -0.3 is 5.32 Å². The van der Waals surface area contributed by atoms with E-state index in [1.54, 1.807) is 5.32 Å². The average molecular weight is 245 g/mol. The third kappa shape index (κ3) is 3.69. The number of halogens is 3. The predicted octanol–water partition coefficient (Wildman–Crippen LogP) is 0.0996. The number of alkyl halides is 3. The molecular formula is C7H10F3NO3S. The second-order valence-corrected chi connectivity index (χ2v) is 5.71. The summed E-state index contributed by atoms with van der Waals surface area (Å²) in [6, 6.07) is 0. The highest BCUT2D eigenvalue weighted by molar-refractivity contribution is 7.91.